The summed E-state index contributed by atoms with van der Waals surface area (Å²) in [5.74, 6) is -0.0896. The minimum absolute atomic E-state index is 0.0362. The van der Waals surface area contributed by atoms with Crippen molar-refractivity contribution >= 4 is 34.4 Å². The fourth-order valence-corrected chi connectivity index (χ4v) is 4.48. The van der Waals surface area contributed by atoms with Crippen LogP contribution in [-0.2, 0) is 6.54 Å². The van der Waals surface area contributed by atoms with Gasteiger partial charge < -0.3 is 5.32 Å². The van der Waals surface area contributed by atoms with E-state index in [0.29, 0.717) is 17.0 Å². The Morgan fingerprint density at radius 1 is 0.750 bits per heavy atom. The molecule has 1 amide bonds. The molecule has 0 saturated heterocycles. The van der Waals surface area contributed by atoms with Crippen LogP contribution in [0.1, 0.15) is 29.8 Å². The molecular weight excluding hydrogens is 386 g/mol. The highest BCUT2D eigenvalue weighted by Crippen LogP contribution is 2.23. The van der Waals surface area contributed by atoms with E-state index in [1.807, 2.05) is 84.2 Å². The Hall–Kier alpha value is -3.02. The van der Waals surface area contributed by atoms with E-state index in [1.165, 1.54) is 22.7 Å². The average Bonchev–Trinajstić information content (AvgIpc) is 3.45. The van der Waals surface area contributed by atoms with Gasteiger partial charge in [0.25, 0.3) is 5.91 Å². The van der Waals surface area contributed by atoms with E-state index in [-0.39, 0.29) is 11.7 Å². The molecule has 28 heavy (non-hydrogen) atoms. The van der Waals surface area contributed by atoms with Crippen molar-refractivity contribution in [2.45, 2.75) is 6.54 Å². The quantitative estimate of drug-likeness (QED) is 0.424. The van der Waals surface area contributed by atoms with Crippen molar-refractivity contribution in [1.29, 1.82) is 0 Å². The Labute approximate surface area is 171 Å². The van der Waals surface area contributed by atoms with E-state index in [2.05, 4.69) is 5.32 Å². The highest BCUT2D eigenvalue weighted by atomic mass is 32.1. The molecule has 1 N–H and O–H groups in total. The number of hydrogen-bond donors (Lipinski definition) is 1. The van der Waals surface area contributed by atoms with Gasteiger partial charge in [-0.05, 0) is 46.8 Å². The average molecular weight is 404 g/mol. The maximum atomic E-state index is 12.4. The van der Waals surface area contributed by atoms with Crippen LogP contribution in [0.15, 0.2) is 84.2 Å². The molecule has 4 aromatic rings. The van der Waals surface area contributed by atoms with E-state index in [0.717, 1.165) is 20.9 Å². The summed E-state index contributed by atoms with van der Waals surface area (Å²) < 4.78 is 0. The van der Waals surface area contributed by atoms with Crippen molar-refractivity contribution in [2.24, 2.45) is 0 Å². The van der Waals surface area contributed by atoms with Gasteiger partial charge in [-0.25, -0.2) is 0 Å². The van der Waals surface area contributed by atoms with E-state index < -0.39 is 0 Å². The Kier molecular flexibility index (Phi) is 5.46. The summed E-state index contributed by atoms with van der Waals surface area (Å²) in [5, 5.41) is 4.82. The molecule has 0 saturated carbocycles. The number of nitrogens with one attached hydrogen (secondary N) is 1. The van der Waals surface area contributed by atoms with Crippen molar-refractivity contribution in [2.75, 3.05) is 0 Å². The molecular formula is C23H17NO2S2. The number of carbonyl (C=O) groups excluding carboxylic acids is 2. The van der Waals surface area contributed by atoms with E-state index in [9.17, 15) is 9.59 Å². The largest absolute Gasteiger partial charge is 0.347 e. The van der Waals surface area contributed by atoms with Crippen LogP contribution in [0.4, 0.5) is 0 Å². The molecule has 0 radical (unpaired) electrons. The van der Waals surface area contributed by atoms with Crippen LogP contribution >= 0.6 is 22.7 Å². The Morgan fingerprint density at radius 3 is 2.21 bits per heavy atom. The predicted octanol–water partition coefficient (Wildman–Crippen LogP) is 5.64. The maximum absolute atomic E-state index is 12.4. The second kappa shape index (κ2) is 8.33. The van der Waals surface area contributed by atoms with Crippen molar-refractivity contribution in [3.05, 3.63) is 104 Å². The zero-order valence-corrected chi connectivity index (χ0v) is 16.6. The second-order valence-corrected chi connectivity index (χ2v) is 8.31. The Morgan fingerprint density at radius 2 is 1.50 bits per heavy atom. The Bertz CT molecular complexity index is 1080. The van der Waals surface area contributed by atoms with Crippen LogP contribution < -0.4 is 5.32 Å². The van der Waals surface area contributed by atoms with Gasteiger partial charge in [0.15, 0.2) is 0 Å². The zero-order valence-electron chi connectivity index (χ0n) is 14.9. The third-order valence-corrected chi connectivity index (χ3v) is 6.26. The van der Waals surface area contributed by atoms with Gasteiger partial charge in [0, 0.05) is 10.4 Å². The van der Waals surface area contributed by atoms with Crippen LogP contribution in [-0.4, -0.2) is 11.7 Å². The minimum atomic E-state index is -0.126. The minimum Gasteiger partial charge on any atom is -0.347 e. The van der Waals surface area contributed by atoms with Crippen LogP contribution in [0.5, 0.6) is 0 Å². The van der Waals surface area contributed by atoms with Crippen LogP contribution in [0.2, 0.25) is 0 Å². The van der Waals surface area contributed by atoms with E-state index in [4.69, 9.17) is 0 Å². The maximum Gasteiger partial charge on any atom is 0.251 e. The number of thiophene rings is 2. The predicted molar refractivity (Wildman–Crippen MR) is 115 cm³/mol. The molecule has 3 nitrogen and oxygen atoms in total. The number of amides is 1. The van der Waals surface area contributed by atoms with Crippen LogP contribution in [0.25, 0.3) is 11.1 Å². The normalized spacial score (nSPS) is 10.6. The fraction of sp³-hybridized carbons (Fsp3) is 0.0435. The molecule has 0 aliphatic rings. The summed E-state index contributed by atoms with van der Waals surface area (Å²) in [7, 11) is 0. The van der Waals surface area contributed by atoms with Gasteiger partial charge in [-0.2, -0.15) is 0 Å². The molecule has 0 aliphatic heterocycles. The highest BCUT2D eigenvalue weighted by molar-refractivity contribution is 7.16. The molecule has 0 aliphatic carbocycles. The van der Waals surface area contributed by atoms with Gasteiger partial charge in [0.2, 0.25) is 5.78 Å². The molecule has 2 heterocycles. The number of benzene rings is 2. The molecule has 2 aromatic heterocycles. The number of hydrogen-bond acceptors (Lipinski definition) is 4. The van der Waals surface area contributed by atoms with Gasteiger partial charge in [-0.15, -0.1) is 22.7 Å². The van der Waals surface area contributed by atoms with Crippen molar-refractivity contribution in [1.82, 2.24) is 5.32 Å². The van der Waals surface area contributed by atoms with Gasteiger partial charge in [0.1, 0.15) is 0 Å². The van der Waals surface area contributed by atoms with E-state index >= 15 is 0 Å². The number of ketones is 1. The summed E-state index contributed by atoms with van der Waals surface area (Å²) >= 11 is 2.86. The summed E-state index contributed by atoms with van der Waals surface area (Å²) in [6.45, 7) is 0.404. The first-order chi connectivity index (χ1) is 13.7. The smallest absolute Gasteiger partial charge is 0.251 e. The first-order valence-corrected chi connectivity index (χ1v) is 10.5. The SMILES string of the molecule is O=C(NCc1ccc(C(=O)c2cccs2)s1)c1ccc(-c2ccccc2)cc1. The molecule has 0 atom stereocenters. The first-order valence-electron chi connectivity index (χ1n) is 8.81. The lowest BCUT2D eigenvalue weighted by Gasteiger charge is -2.06. The first kappa shape index (κ1) is 18.3. The summed E-state index contributed by atoms with van der Waals surface area (Å²) in [6.07, 6.45) is 0. The van der Waals surface area contributed by atoms with Crippen molar-refractivity contribution in [3.63, 3.8) is 0 Å². The summed E-state index contributed by atoms with van der Waals surface area (Å²) in [5.41, 5.74) is 2.81. The molecule has 5 heteroatoms. The highest BCUT2D eigenvalue weighted by Gasteiger charge is 2.13. The molecule has 138 valence electrons. The lowest BCUT2D eigenvalue weighted by atomic mass is 10.0. The molecule has 0 bridgehead atoms. The third kappa shape index (κ3) is 4.11. The van der Waals surface area contributed by atoms with E-state index in [1.54, 1.807) is 0 Å². The number of carbonyl (C=O) groups is 2. The number of rotatable bonds is 6. The summed E-state index contributed by atoms with van der Waals surface area (Å²) in [6, 6.07) is 25.0. The lowest BCUT2D eigenvalue weighted by molar-refractivity contribution is 0.0950. The van der Waals surface area contributed by atoms with Crippen LogP contribution in [0.3, 0.4) is 0 Å². The van der Waals surface area contributed by atoms with Gasteiger partial charge in [0.05, 0.1) is 16.3 Å². The summed E-state index contributed by atoms with van der Waals surface area (Å²) in [4.78, 5) is 27.2. The van der Waals surface area contributed by atoms with Crippen molar-refractivity contribution in [3.8, 4) is 11.1 Å². The Balaban J connectivity index is 1.38. The molecule has 2 aromatic carbocycles. The molecule has 4 rings (SSSR count). The molecule has 0 fully saturated rings. The van der Waals surface area contributed by atoms with Gasteiger partial charge >= 0.3 is 0 Å². The lowest BCUT2D eigenvalue weighted by Crippen LogP contribution is -2.22. The van der Waals surface area contributed by atoms with Gasteiger partial charge in [-0.3, -0.25) is 9.59 Å². The monoisotopic (exact) mass is 403 g/mol. The second-order valence-electron chi connectivity index (χ2n) is 6.20. The topological polar surface area (TPSA) is 46.2 Å². The fourth-order valence-electron chi connectivity index (χ4n) is 2.84. The zero-order chi connectivity index (χ0) is 19.3. The molecule has 0 unspecified atom stereocenters. The van der Waals surface area contributed by atoms with Crippen molar-refractivity contribution < 1.29 is 9.59 Å². The van der Waals surface area contributed by atoms with Gasteiger partial charge in [-0.1, -0.05) is 48.5 Å². The van der Waals surface area contributed by atoms with Crippen LogP contribution in [0, 0.1) is 0 Å². The standard InChI is InChI=1S/C23H17NO2S2/c25-22(20-7-4-14-27-20)21-13-12-19(28-21)15-24-23(26)18-10-8-17(9-11-18)16-5-2-1-3-6-16/h1-14H,15H2,(H,24,26). The third-order valence-electron chi connectivity index (χ3n) is 4.31. The molecule has 0 spiro atoms.